The zero-order valence-corrected chi connectivity index (χ0v) is 8.19. The smallest absolute Gasteiger partial charge is 0.205 e. The molecule has 0 spiro atoms. The van der Waals surface area contributed by atoms with Gasteiger partial charge in [-0.15, -0.1) is 10.2 Å². The van der Waals surface area contributed by atoms with Crippen molar-refractivity contribution in [2.75, 3.05) is 5.32 Å². The molecule has 4 heteroatoms. The first-order valence-corrected chi connectivity index (χ1v) is 5.17. The minimum absolute atomic E-state index is 0.497. The normalized spacial score (nSPS) is 16.9. The SMILES string of the molecule is CC(C)c1nnc(NC2CC2)s1. The Morgan fingerprint density at radius 3 is 2.67 bits per heavy atom. The van der Waals surface area contributed by atoms with Crippen LogP contribution in [0.2, 0.25) is 0 Å². The Morgan fingerprint density at radius 2 is 2.17 bits per heavy atom. The van der Waals surface area contributed by atoms with Crippen LogP contribution < -0.4 is 5.32 Å². The molecule has 2 rings (SSSR count). The molecular weight excluding hydrogens is 170 g/mol. The number of nitrogens with one attached hydrogen (secondary N) is 1. The molecule has 66 valence electrons. The molecule has 0 saturated heterocycles. The fourth-order valence-electron chi connectivity index (χ4n) is 0.929. The van der Waals surface area contributed by atoms with Gasteiger partial charge in [-0.05, 0) is 12.8 Å². The molecule has 1 fully saturated rings. The molecule has 0 unspecified atom stereocenters. The average Bonchev–Trinajstić information content (AvgIpc) is 2.66. The predicted octanol–water partition coefficient (Wildman–Crippen LogP) is 2.24. The maximum atomic E-state index is 4.10. The minimum Gasteiger partial charge on any atom is -0.357 e. The summed E-state index contributed by atoms with van der Waals surface area (Å²) in [5.74, 6) is 0.497. The number of hydrogen-bond donors (Lipinski definition) is 1. The van der Waals surface area contributed by atoms with E-state index in [0.717, 1.165) is 10.1 Å². The van der Waals surface area contributed by atoms with Gasteiger partial charge in [0.25, 0.3) is 0 Å². The topological polar surface area (TPSA) is 37.8 Å². The van der Waals surface area contributed by atoms with Gasteiger partial charge in [0.1, 0.15) is 5.01 Å². The zero-order chi connectivity index (χ0) is 8.55. The van der Waals surface area contributed by atoms with Gasteiger partial charge in [0, 0.05) is 12.0 Å². The van der Waals surface area contributed by atoms with Crippen molar-refractivity contribution < 1.29 is 0 Å². The zero-order valence-electron chi connectivity index (χ0n) is 7.37. The Kier molecular flexibility index (Phi) is 2.00. The van der Waals surface area contributed by atoms with Gasteiger partial charge >= 0.3 is 0 Å². The van der Waals surface area contributed by atoms with Crippen LogP contribution >= 0.6 is 11.3 Å². The van der Waals surface area contributed by atoms with E-state index in [1.165, 1.54) is 12.8 Å². The van der Waals surface area contributed by atoms with Crippen molar-refractivity contribution in [3.63, 3.8) is 0 Å². The van der Waals surface area contributed by atoms with Crippen molar-refractivity contribution in [2.24, 2.45) is 0 Å². The van der Waals surface area contributed by atoms with Crippen LogP contribution in [0, 0.1) is 0 Å². The van der Waals surface area contributed by atoms with Gasteiger partial charge in [0.2, 0.25) is 5.13 Å². The van der Waals surface area contributed by atoms with Crippen molar-refractivity contribution in [3.8, 4) is 0 Å². The quantitative estimate of drug-likeness (QED) is 0.781. The lowest BCUT2D eigenvalue weighted by molar-refractivity contribution is 0.824. The van der Waals surface area contributed by atoms with Gasteiger partial charge in [-0.2, -0.15) is 0 Å². The third-order valence-electron chi connectivity index (χ3n) is 1.84. The van der Waals surface area contributed by atoms with Crippen LogP contribution in [0.3, 0.4) is 0 Å². The van der Waals surface area contributed by atoms with Crippen LogP contribution in [-0.4, -0.2) is 16.2 Å². The Bertz CT molecular complexity index is 265. The molecule has 0 amide bonds. The van der Waals surface area contributed by atoms with E-state index in [9.17, 15) is 0 Å². The second-order valence-electron chi connectivity index (χ2n) is 3.52. The largest absolute Gasteiger partial charge is 0.357 e. The highest BCUT2D eigenvalue weighted by Crippen LogP contribution is 2.28. The van der Waals surface area contributed by atoms with Crippen molar-refractivity contribution in [2.45, 2.75) is 38.6 Å². The summed E-state index contributed by atoms with van der Waals surface area (Å²) in [6.45, 7) is 4.28. The Hall–Kier alpha value is -0.640. The van der Waals surface area contributed by atoms with E-state index < -0.39 is 0 Å². The molecule has 1 aliphatic rings. The van der Waals surface area contributed by atoms with E-state index in [-0.39, 0.29) is 0 Å². The maximum absolute atomic E-state index is 4.10. The first kappa shape index (κ1) is 7.98. The van der Waals surface area contributed by atoms with E-state index in [4.69, 9.17) is 0 Å². The van der Waals surface area contributed by atoms with Crippen molar-refractivity contribution in [3.05, 3.63) is 5.01 Å². The van der Waals surface area contributed by atoms with Crippen molar-refractivity contribution >= 4 is 16.5 Å². The average molecular weight is 183 g/mol. The number of aromatic nitrogens is 2. The summed E-state index contributed by atoms with van der Waals surface area (Å²) in [4.78, 5) is 0. The van der Waals surface area contributed by atoms with Gasteiger partial charge in [-0.25, -0.2) is 0 Å². The number of nitrogens with zero attached hydrogens (tertiary/aromatic N) is 2. The summed E-state index contributed by atoms with van der Waals surface area (Å²) < 4.78 is 0. The summed E-state index contributed by atoms with van der Waals surface area (Å²) in [5.41, 5.74) is 0. The van der Waals surface area contributed by atoms with Crippen LogP contribution in [-0.2, 0) is 0 Å². The van der Waals surface area contributed by atoms with E-state index >= 15 is 0 Å². The lowest BCUT2D eigenvalue weighted by atomic mass is 10.2. The van der Waals surface area contributed by atoms with E-state index in [0.29, 0.717) is 12.0 Å². The molecule has 0 radical (unpaired) electrons. The molecule has 1 saturated carbocycles. The fourth-order valence-corrected chi connectivity index (χ4v) is 1.75. The maximum Gasteiger partial charge on any atom is 0.205 e. The highest BCUT2D eigenvalue weighted by Gasteiger charge is 2.22. The van der Waals surface area contributed by atoms with Gasteiger partial charge < -0.3 is 5.32 Å². The van der Waals surface area contributed by atoms with Crippen molar-refractivity contribution in [1.29, 1.82) is 0 Å². The van der Waals surface area contributed by atoms with Gasteiger partial charge in [0.15, 0.2) is 0 Å². The Balaban J connectivity index is 2.02. The second-order valence-corrected chi connectivity index (χ2v) is 4.53. The molecule has 1 aromatic rings. The fraction of sp³-hybridized carbons (Fsp3) is 0.750. The van der Waals surface area contributed by atoms with Gasteiger partial charge in [-0.3, -0.25) is 0 Å². The van der Waals surface area contributed by atoms with Crippen molar-refractivity contribution in [1.82, 2.24) is 10.2 Å². The lowest BCUT2D eigenvalue weighted by Crippen LogP contribution is -1.99. The number of rotatable bonds is 3. The molecule has 12 heavy (non-hydrogen) atoms. The molecular formula is C8H13N3S. The third-order valence-corrected chi connectivity index (χ3v) is 2.99. The molecule has 1 aromatic heterocycles. The summed E-state index contributed by atoms with van der Waals surface area (Å²) in [6.07, 6.45) is 2.58. The van der Waals surface area contributed by atoms with E-state index in [2.05, 4.69) is 29.4 Å². The van der Waals surface area contributed by atoms with E-state index in [1.54, 1.807) is 11.3 Å². The standard InChI is InChI=1S/C8H13N3S/c1-5(2)7-10-11-8(12-7)9-6-3-4-6/h5-6H,3-4H2,1-2H3,(H,9,11). The molecule has 0 aromatic carbocycles. The molecule has 0 aliphatic heterocycles. The van der Waals surface area contributed by atoms with Crippen LogP contribution in [0.15, 0.2) is 0 Å². The minimum atomic E-state index is 0.497. The molecule has 0 bridgehead atoms. The van der Waals surface area contributed by atoms with Gasteiger partial charge in [0.05, 0.1) is 0 Å². The van der Waals surface area contributed by atoms with Crippen LogP contribution in [0.1, 0.15) is 37.6 Å². The predicted molar refractivity (Wildman–Crippen MR) is 50.6 cm³/mol. The Labute approximate surface area is 76.2 Å². The first-order valence-electron chi connectivity index (χ1n) is 4.35. The molecule has 1 aliphatic carbocycles. The summed E-state index contributed by atoms with van der Waals surface area (Å²) >= 11 is 1.68. The molecule has 3 nitrogen and oxygen atoms in total. The second kappa shape index (κ2) is 3.01. The number of anilines is 1. The molecule has 1 N–H and O–H groups in total. The highest BCUT2D eigenvalue weighted by atomic mass is 32.1. The van der Waals surface area contributed by atoms with Crippen LogP contribution in [0.25, 0.3) is 0 Å². The van der Waals surface area contributed by atoms with Gasteiger partial charge in [-0.1, -0.05) is 25.2 Å². The van der Waals surface area contributed by atoms with E-state index in [1.807, 2.05) is 0 Å². The molecule has 1 heterocycles. The summed E-state index contributed by atoms with van der Waals surface area (Å²) in [6, 6.07) is 0.679. The number of hydrogen-bond acceptors (Lipinski definition) is 4. The Morgan fingerprint density at radius 1 is 1.42 bits per heavy atom. The summed E-state index contributed by atoms with van der Waals surface area (Å²) in [5, 5.41) is 13.6. The highest BCUT2D eigenvalue weighted by molar-refractivity contribution is 7.15. The van der Waals surface area contributed by atoms with Crippen LogP contribution in [0.5, 0.6) is 0 Å². The monoisotopic (exact) mass is 183 g/mol. The first-order chi connectivity index (χ1) is 5.75. The van der Waals surface area contributed by atoms with Crippen LogP contribution in [0.4, 0.5) is 5.13 Å². The third kappa shape index (κ3) is 1.75. The lowest BCUT2D eigenvalue weighted by Gasteiger charge is -1.95. The summed E-state index contributed by atoms with van der Waals surface area (Å²) in [7, 11) is 0. The molecule has 0 atom stereocenters.